The number of para-hydroxylation sites is 1. The van der Waals surface area contributed by atoms with Crippen LogP contribution >= 0.6 is 0 Å². The summed E-state index contributed by atoms with van der Waals surface area (Å²) in [5.74, 6) is 0.809. The van der Waals surface area contributed by atoms with Gasteiger partial charge in [0, 0.05) is 11.9 Å². The van der Waals surface area contributed by atoms with Crippen LogP contribution in [0.25, 0.3) is 11.4 Å². The number of esters is 1. The fourth-order valence-corrected chi connectivity index (χ4v) is 3.22. The molecule has 0 radical (unpaired) electrons. The van der Waals surface area contributed by atoms with Crippen LogP contribution in [0, 0.1) is 5.92 Å². The first-order valence-electron chi connectivity index (χ1n) is 11.3. The number of carbonyl (C=O) groups is 1. The minimum Gasteiger partial charge on any atom is -0.426 e. The van der Waals surface area contributed by atoms with E-state index in [4.69, 9.17) is 9.72 Å². The molecule has 1 aromatic carbocycles. The molecule has 1 aromatic heterocycles. The van der Waals surface area contributed by atoms with Crippen molar-refractivity contribution >= 4 is 5.97 Å². The van der Waals surface area contributed by atoms with E-state index in [2.05, 4.69) is 11.9 Å². The van der Waals surface area contributed by atoms with Crippen molar-refractivity contribution in [2.45, 2.75) is 85.0 Å². The quantitative estimate of drug-likeness (QED) is 0.213. The third-order valence-electron chi connectivity index (χ3n) is 5.35. The van der Waals surface area contributed by atoms with Crippen molar-refractivity contribution in [3.05, 3.63) is 42.2 Å². The monoisotopic (exact) mass is 396 g/mol. The van der Waals surface area contributed by atoms with Gasteiger partial charge in [0.05, 0.1) is 11.5 Å². The number of aryl methyl sites for hydroxylation is 1. The highest BCUT2D eigenvalue weighted by molar-refractivity contribution is 5.77. The molecule has 0 bridgehead atoms. The van der Waals surface area contributed by atoms with Gasteiger partial charge in [-0.1, -0.05) is 77.8 Å². The zero-order valence-corrected chi connectivity index (χ0v) is 18.3. The molecule has 0 N–H and O–H groups in total. The summed E-state index contributed by atoms with van der Waals surface area (Å²) in [5, 5.41) is 0. The van der Waals surface area contributed by atoms with Crippen LogP contribution in [0.4, 0.5) is 0 Å². The van der Waals surface area contributed by atoms with Crippen LogP contribution in [0.3, 0.4) is 0 Å². The van der Waals surface area contributed by atoms with Gasteiger partial charge < -0.3 is 4.74 Å². The second-order valence-corrected chi connectivity index (χ2v) is 7.82. The third-order valence-corrected chi connectivity index (χ3v) is 5.35. The average molecular weight is 397 g/mol. The molecular weight excluding hydrogens is 360 g/mol. The van der Waals surface area contributed by atoms with Crippen molar-refractivity contribution in [1.82, 2.24) is 9.97 Å². The van der Waals surface area contributed by atoms with Gasteiger partial charge in [0.1, 0.15) is 5.75 Å². The highest BCUT2D eigenvalue weighted by atomic mass is 16.5. The highest BCUT2D eigenvalue weighted by Crippen LogP contribution is 2.28. The molecule has 4 nitrogen and oxygen atoms in total. The van der Waals surface area contributed by atoms with Crippen molar-refractivity contribution in [2.24, 2.45) is 5.92 Å². The Kier molecular flexibility index (Phi) is 10.4. The number of rotatable bonds is 13. The van der Waals surface area contributed by atoms with Gasteiger partial charge in [0.25, 0.3) is 0 Å². The van der Waals surface area contributed by atoms with Crippen LogP contribution in [0.15, 0.2) is 36.5 Å². The summed E-state index contributed by atoms with van der Waals surface area (Å²) in [7, 11) is 0. The molecule has 2 aromatic rings. The van der Waals surface area contributed by atoms with E-state index in [1.807, 2.05) is 44.2 Å². The van der Waals surface area contributed by atoms with Crippen LogP contribution in [-0.4, -0.2) is 15.9 Å². The zero-order chi connectivity index (χ0) is 20.9. The summed E-state index contributed by atoms with van der Waals surface area (Å²) in [6.45, 7) is 6.12. The van der Waals surface area contributed by atoms with Gasteiger partial charge in [-0.05, 0) is 37.5 Å². The predicted octanol–water partition coefficient (Wildman–Crippen LogP) is 6.78. The lowest BCUT2D eigenvalue weighted by molar-refractivity contribution is -0.138. The maximum absolute atomic E-state index is 12.2. The van der Waals surface area contributed by atoms with Crippen molar-refractivity contribution in [3.8, 4) is 17.1 Å². The maximum atomic E-state index is 12.2. The lowest BCUT2D eigenvalue weighted by atomic mass is 10.1. The Balaban J connectivity index is 1.93. The maximum Gasteiger partial charge on any atom is 0.314 e. The van der Waals surface area contributed by atoms with Gasteiger partial charge in [-0.15, -0.1) is 0 Å². The molecule has 1 heterocycles. The van der Waals surface area contributed by atoms with E-state index in [1.54, 1.807) is 6.20 Å². The zero-order valence-electron chi connectivity index (χ0n) is 18.3. The Hall–Kier alpha value is -2.23. The van der Waals surface area contributed by atoms with Crippen molar-refractivity contribution in [2.75, 3.05) is 0 Å². The molecule has 4 heteroatoms. The number of ether oxygens (including phenoxy) is 1. The smallest absolute Gasteiger partial charge is 0.314 e. The Morgan fingerprint density at radius 3 is 2.38 bits per heavy atom. The second kappa shape index (κ2) is 13.1. The highest BCUT2D eigenvalue weighted by Gasteiger charge is 2.17. The number of hydrogen-bond donors (Lipinski definition) is 0. The van der Waals surface area contributed by atoms with Gasteiger partial charge in [0.15, 0.2) is 5.82 Å². The Morgan fingerprint density at radius 1 is 0.966 bits per heavy atom. The number of aromatic nitrogens is 2. The molecule has 158 valence electrons. The van der Waals surface area contributed by atoms with Crippen LogP contribution in [-0.2, 0) is 11.2 Å². The van der Waals surface area contributed by atoms with E-state index in [1.165, 1.54) is 44.9 Å². The minimum atomic E-state index is -0.213. The van der Waals surface area contributed by atoms with Crippen LogP contribution in [0.1, 0.15) is 84.3 Å². The molecule has 0 aliphatic heterocycles. The summed E-state index contributed by atoms with van der Waals surface area (Å²) in [6.07, 6.45) is 13.9. The van der Waals surface area contributed by atoms with E-state index >= 15 is 0 Å². The van der Waals surface area contributed by atoms with Crippen LogP contribution < -0.4 is 4.74 Å². The summed E-state index contributed by atoms with van der Waals surface area (Å²) in [6, 6.07) is 9.49. The lowest BCUT2D eigenvalue weighted by Crippen LogP contribution is -2.17. The van der Waals surface area contributed by atoms with Crippen molar-refractivity contribution in [3.63, 3.8) is 0 Å². The molecule has 0 spiro atoms. The average Bonchev–Trinajstić information content (AvgIpc) is 2.75. The van der Waals surface area contributed by atoms with Crippen molar-refractivity contribution in [1.29, 1.82) is 0 Å². The van der Waals surface area contributed by atoms with E-state index in [0.717, 1.165) is 30.5 Å². The molecule has 29 heavy (non-hydrogen) atoms. The van der Waals surface area contributed by atoms with E-state index < -0.39 is 0 Å². The number of benzene rings is 1. The Morgan fingerprint density at radius 2 is 1.66 bits per heavy atom. The predicted molar refractivity (Wildman–Crippen MR) is 119 cm³/mol. The fraction of sp³-hybridized carbons (Fsp3) is 0.560. The topological polar surface area (TPSA) is 52.1 Å². The van der Waals surface area contributed by atoms with Gasteiger partial charge >= 0.3 is 5.97 Å². The number of unbranched alkanes of at least 4 members (excludes halogenated alkanes) is 7. The minimum absolute atomic E-state index is 0.128. The number of hydrogen-bond acceptors (Lipinski definition) is 4. The molecule has 0 aliphatic rings. The van der Waals surface area contributed by atoms with Gasteiger partial charge in [-0.2, -0.15) is 0 Å². The normalized spacial score (nSPS) is 12.0. The van der Waals surface area contributed by atoms with Crippen molar-refractivity contribution < 1.29 is 9.53 Å². The van der Waals surface area contributed by atoms with Gasteiger partial charge in [-0.25, -0.2) is 9.97 Å². The first kappa shape index (κ1) is 23.1. The number of carbonyl (C=O) groups excluding carboxylic acids is 1. The van der Waals surface area contributed by atoms with E-state index in [0.29, 0.717) is 11.6 Å². The van der Waals surface area contributed by atoms with E-state index in [-0.39, 0.29) is 11.9 Å². The lowest BCUT2D eigenvalue weighted by Gasteiger charge is -2.12. The summed E-state index contributed by atoms with van der Waals surface area (Å²) >= 11 is 0. The third kappa shape index (κ3) is 7.96. The molecule has 0 saturated carbocycles. The first-order valence-corrected chi connectivity index (χ1v) is 11.3. The standard InChI is InChI=1S/C25H36N2O2/c1-4-6-7-8-9-10-11-12-15-21-18-19-26-24(27-21)22-16-13-14-17-23(22)29-25(28)20(3)5-2/h13-14,16-20H,4-12,15H2,1-3H3. The molecule has 1 atom stereocenters. The first-order chi connectivity index (χ1) is 14.2. The molecule has 0 aliphatic carbocycles. The number of nitrogens with zero attached hydrogens (tertiary/aromatic N) is 2. The molecule has 2 rings (SSSR count). The summed E-state index contributed by atoms with van der Waals surface area (Å²) in [4.78, 5) is 21.4. The molecule has 0 fully saturated rings. The fourth-order valence-electron chi connectivity index (χ4n) is 3.22. The molecule has 0 amide bonds. The van der Waals surface area contributed by atoms with Crippen LogP contribution in [0.2, 0.25) is 0 Å². The van der Waals surface area contributed by atoms with Gasteiger partial charge in [0.2, 0.25) is 0 Å². The second-order valence-electron chi connectivity index (χ2n) is 7.82. The largest absolute Gasteiger partial charge is 0.426 e. The Labute approximate surface area is 176 Å². The molecule has 0 saturated heterocycles. The summed E-state index contributed by atoms with van der Waals surface area (Å²) < 4.78 is 5.63. The molecule has 1 unspecified atom stereocenters. The van der Waals surface area contributed by atoms with Crippen LogP contribution in [0.5, 0.6) is 5.75 Å². The van der Waals surface area contributed by atoms with Gasteiger partial charge in [-0.3, -0.25) is 4.79 Å². The summed E-state index contributed by atoms with van der Waals surface area (Å²) in [5.41, 5.74) is 1.81. The Bertz CT molecular complexity index is 745. The SMILES string of the molecule is CCCCCCCCCCc1ccnc(-c2ccccc2OC(=O)C(C)CC)n1. The van der Waals surface area contributed by atoms with E-state index in [9.17, 15) is 4.79 Å². The molecular formula is C25H36N2O2.